The van der Waals surface area contributed by atoms with E-state index in [1.165, 1.54) is 11.3 Å². The van der Waals surface area contributed by atoms with Crippen molar-refractivity contribution in [1.82, 2.24) is 4.72 Å². The summed E-state index contributed by atoms with van der Waals surface area (Å²) in [6.45, 7) is 2.61. The van der Waals surface area contributed by atoms with Gasteiger partial charge in [-0.05, 0) is 25.1 Å². The Morgan fingerprint density at radius 3 is 2.62 bits per heavy atom. The zero-order valence-corrected chi connectivity index (χ0v) is 13.3. The first kappa shape index (κ1) is 16.0. The molecule has 0 saturated carbocycles. The normalized spacial score (nSPS) is 11.5. The molecule has 1 aromatic heterocycles. The fourth-order valence-electron chi connectivity index (χ4n) is 1.83. The molecular formula is C14H18N2O3S2. The van der Waals surface area contributed by atoms with E-state index < -0.39 is 10.0 Å². The van der Waals surface area contributed by atoms with Crippen molar-refractivity contribution in [2.24, 2.45) is 5.73 Å². The highest BCUT2D eigenvalue weighted by atomic mass is 32.2. The Labute approximate surface area is 128 Å². The standard InChI is InChI=1S/C14H18N2O3S2/c1-11-14(9-13(10-15)20-11)21(17,18)16-7-8-19-12-5-3-2-4-6-12/h2-6,9,16H,7-8,10,15H2,1H3. The number of thiophene rings is 1. The van der Waals surface area contributed by atoms with Gasteiger partial charge in [0.1, 0.15) is 12.4 Å². The van der Waals surface area contributed by atoms with Crippen molar-refractivity contribution in [3.63, 3.8) is 0 Å². The Bertz CT molecular complexity index is 681. The maximum atomic E-state index is 12.2. The van der Waals surface area contributed by atoms with Gasteiger partial charge in [0.2, 0.25) is 10.0 Å². The van der Waals surface area contributed by atoms with E-state index in [4.69, 9.17) is 10.5 Å². The van der Waals surface area contributed by atoms with Crippen LogP contribution in [0.5, 0.6) is 5.75 Å². The van der Waals surface area contributed by atoms with Gasteiger partial charge in [-0.2, -0.15) is 0 Å². The highest BCUT2D eigenvalue weighted by Gasteiger charge is 2.19. The van der Waals surface area contributed by atoms with E-state index in [1.54, 1.807) is 13.0 Å². The molecule has 0 saturated heterocycles. The van der Waals surface area contributed by atoms with Crippen molar-refractivity contribution < 1.29 is 13.2 Å². The molecule has 1 heterocycles. The van der Waals surface area contributed by atoms with Crippen molar-refractivity contribution in [1.29, 1.82) is 0 Å². The highest BCUT2D eigenvalue weighted by Crippen LogP contribution is 2.25. The Hall–Kier alpha value is -1.41. The lowest BCUT2D eigenvalue weighted by atomic mass is 10.3. The Kier molecular flexibility index (Phi) is 5.35. The van der Waals surface area contributed by atoms with Crippen LogP contribution in [-0.2, 0) is 16.6 Å². The molecule has 0 bridgehead atoms. The van der Waals surface area contributed by atoms with Gasteiger partial charge < -0.3 is 10.5 Å². The number of rotatable bonds is 7. The van der Waals surface area contributed by atoms with Gasteiger partial charge in [0.15, 0.2) is 0 Å². The maximum Gasteiger partial charge on any atom is 0.241 e. The molecule has 0 radical (unpaired) electrons. The molecule has 0 aliphatic carbocycles. The minimum Gasteiger partial charge on any atom is -0.492 e. The first-order valence-corrected chi connectivity index (χ1v) is 8.80. The number of hydrogen-bond acceptors (Lipinski definition) is 5. The number of aryl methyl sites for hydroxylation is 1. The van der Waals surface area contributed by atoms with E-state index >= 15 is 0 Å². The average molecular weight is 326 g/mol. The predicted octanol–water partition coefficient (Wildman–Crippen LogP) is 1.87. The fourth-order valence-corrected chi connectivity index (χ4v) is 4.36. The molecule has 0 fully saturated rings. The van der Waals surface area contributed by atoms with Crippen molar-refractivity contribution >= 4 is 21.4 Å². The molecule has 0 amide bonds. The molecule has 2 rings (SSSR count). The summed E-state index contributed by atoms with van der Waals surface area (Å²) in [6, 6.07) is 10.9. The minimum absolute atomic E-state index is 0.213. The largest absolute Gasteiger partial charge is 0.492 e. The first-order valence-electron chi connectivity index (χ1n) is 6.50. The Morgan fingerprint density at radius 1 is 1.29 bits per heavy atom. The van der Waals surface area contributed by atoms with Crippen LogP contribution < -0.4 is 15.2 Å². The van der Waals surface area contributed by atoms with Gasteiger partial charge in [-0.3, -0.25) is 0 Å². The summed E-state index contributed by atoms with van der Waals surface area (Å²) in [5, 5.41) is 0. The van der Waals surface area contributed by atoms with Crippen molar-refractivity contribution in [3.05, 3.63) is 46.2 Å². The number of sulfonamides is 1. The monoisotopic (exact) mass is 326 g/mol. The van der Waals surface area contributed by atoms with Gasteiger partial charge in [-0.15, -0.1) is 11.3 Å². The number of benzene rings is 1. The molecule has 21 heavy (non-hydrogen) atoms. The first-order chi connectivity index (χ1) is 10.0. The third-order valence-electron chi connectivity index (χ3n) is 2.82. The quantitative estimate of drug-likeness (QED) is 0.761. The molecule has 3 N–H and O–H groups in total. The summed E-state index contributed by atoms with van der Waals surface area (Å²) in [5.74, 6) is 0.717. The van der Waals surface area contributed by atoms with Crippen LogP contribution in [0.2, 0.25) is 0 Å². The van der Waals surface area contributed by atoms with Gasteiger partial charge in [-0.25, -0.2) is 13.1 Å². The fraction of sp³-hybridized carbons (Fsp3) is 0.286. The molecule has 7 heteroatoms. The summed E-state index contributed by atoms with van der Waals surface area (Å²) in [4.78, 5) is 1.90. The summed E-state index contributed by atoms with van der Waals surface area (Å²) >= 11 is 1.40. The number of nitrogens with one attached hydrogen (secondary N) is 1. The number of para-hydroxylation sites is 1. The van der Waals surface area contributed by atoms with Crippen LogP contribution in [0.4, 0.5) is 0 Å². The summed E-state index contributed by atoms with van der Waals surface area (Å²) in [6.07, 6.45) is 0. The van der Waals surface area contributed by atoms with Crippen molar-refractivity contribution in [2.75, 3.05) is 13.2 Å². The molecule has 0 spiro atoms. The number of hydrogen-bond donors (Lipinski definition) is 2. The van der Waals surface area contributed by atoms with Gasteiger partial charge in [-0.1, -0.05) is 18.2 Å². The van der Waals surface area contributed by atoms with E-state index in [9.17, 15) is 8.42 Å². The van der Waals surface area contributed by atoms with Crippen LogP contribution in [-0.4, -0.2) is 21.6 Å². The number of nitrogens with two attached hydrogens (primary N) is 1. The van der Waals surface area contributed by atoms with Gasteiger partial charge in [0.25, 0.3) is 0 Å². The molecule has 1 aromatic carbocycles. The molecule has 114 valence electrons. The Morgan fingerprint density at radius 2 is 2.00 bits per heavy atom. The third-order valence-corrected chi connectivity index (χ3v) is 5.61. The van der Waals surface area contributed by atoms with E-state index in [-0.39, 0.29) is 13.2 Å². The zero-order valence-electron chi connectivity index (χ0n) is 11.7. The maximum absolute atomic E-state index is 12.2. The lowest BCUT2D eigenvalue weighted by Gasteiger charge is -2.08. The van der Waals surface area contributed by atoms with E-state index in [0.29, 0.717) is 17.2 Å². The predicted molar refractivity (Wildman–Crippen MR) is 84.1 cm³/mol. The van der Waals surface area contributed by atoms with E-state index in [2.05, 4.69) is 4.72 Å². The highest BCUT2D eigenvalue weighted by molar-refractivity contribution is 7.89. The summed E-state index contributed by atoms with van der Waals surface area (Å²) in [7, 11) is -3.51. The second kappa shape index (κ2) is 7.04. The molecule has 2 aromatic rings. The Balaban J connectivity index is 1.91. The van der Waals surface area contributed by atoms with Crippen LogP contribution in [0, 0.1) is 6.92 Å². The smallest absolute Gasteiger partial charge is 0.241 e. The van der Waals surface area contributed by atoms with Gasteiger partial charge in [0.05, 0.1) is 4.90 Å². The molecule has 0 atom stereocenters. The van der Waals surface area contributed by atoms with Crippen molar-refractivity contribution in [3.8, 4) is 5.75 Å². The second-order valence-corrected chi connectivity index (χ2v) is 7.47. The van der Waals surface area contributed by atoms with Crippen LogP contribution >= 0.6 is 11.3 Å². The lowest BCUT2D eigenvalue weighted by Crippen LogP contribution is -2.28. The van der Waals surface area contributed by atoms with Crippen molar-refractivity contribution in [2.45, 2.75) is 18.4 Å². The van der Waals surface area contributed by atoms with E-state index in [0.717, 1.165) is 9.75 Å². The van der Waals surface area contributed by atoms with Crippen LogP contribution in [0.15, 0.2) is 41.3 Å². The molecule has 0 aliphatic heterocycles. The SMILES string of the molecule is Cc1sc(CN)cc1S(=O)(=O)NCCOc1ccccc1. The summed E-state index contributed by atoms with van der Waals surface area (Å²) < 4.78 is 32.4. The molecular weight excluding hydrogens is 308 g/mol. The second-order valence-electron chi connectivity index (χ2n) is 4.40. The minimum atomic E-state index is -3.51. The van der Waals surface area contributed by atoms with Crippen LogP contribution in [0.1, 0.15) is 9.75 Å². The summed E-state index contributed by atoms with van der Waals surface area (Å²) in [5.41, 5.74) is 5.54. The van der Waals surface area contributed by atoms with Crippen LogP contribution in [0.25, 0.3) is 0 Å². The lowest BCUT2D eigenvalue weighted by molar-refractivity contribution is 0.323. The van der Waals surface area contributed by atoms with Gasteiger partial charge in [0, 0.05) is 22.8 Å². The van der Waals surface area contributed by atoms with Gasteiger partial charge >= 0.3 is 0 Å². The topological polar surface area (TPSA) is 81.4 Å². The zero-order chi connectivity index (χ0) is 15.3. The molecule has 5 nitrogen and oxygen atoms in total. The average Bonchev–Trinajstić information content (AvgIpc) is 2.87. The van der Waals surface area contributed by atoms with E-state index in [1.807, 2.05) is 30.3 Å². The molecule has 0 unspecified atom stereocenters. The molecule has 0 aliphatic rings. The third kappa shape index (κ3) is 4.28. The van der Waals surface area contributed by atoms with Crippen LogP contribution in [0.3, 0.4) is 0 Å². The number of ether oxygens (including phenoxy) is 1.